The van der Waals surface area contributed by atoms with E-state index in [2.05, 4.69) is 6.55 Å². The Balaban J connectivity index is 1.95. The predicted octanol–water partition coefficient (Wildman–Crippen LogP) is 3.52. The maximum absolute atomic E-state index is 13.0. The molecule has 0 N–H and O–H groups in total. The van der Waals surface area contributed by atoms with Crippen LogP contribution in [0.5, 0.6) is 5.75 Å². The van der Waals surface area contributed by atoms with E-state index >= 15 is 0 Å². The van der Waals surface area contributed by atoms with E-state index in [1.165, 1.54) is 0 Å². The lowest BCUT2D eigenvalue weighted by molar-refractivity contribution is -0.0414. The third-order valence-electron chi connectivity index (χ3n) is 4.20. The molecule has 23 heavy (non-hydrogen) atoms. The Kier molecular flexibility index (Phi) is 3.98. The smallest absolute Gasteiger partial charge is 0.260 e. The molecule has 0 fully saturated rings. The summed E-state index contributed by atoms with van der Waals surface area (Å²) in [6, 6.07) is 17.4. The van der Waals surface area contributed by atoms with Gasteiger partial charge in [0.15, 0.2) is 5.72 Å². The van der Waals surface area contributed by atoms with Gasteiger partial charge in [-0.25, -0.2) is 0 Å². The second-order valence-corrected chi connectivity index (χ2v) is 12.3. The molecule has 0 saturated carbocycles. The average Bonchev–Trinajstić information content (AvgIpc) is 2.52. The Labute approximate surface area is 142 Å². The molecule has 0 saturated heterocycles. The average molecular weight is 346 g/mol. The van der Waals surface area contributed by atoms with Gasteiger partial charge in [0, 0.05) is 6.17 Å². The van der Waals surface area contributed by atoms with Crippen molar-refractivity contribution in [3.63, 3.8) is 0 Å². The summed E-state index contributed by atoms with van der Waals surface area (Å²) in [7, 11) is -2.32. The van der Waals surface area contributed by atoms with Gasteiger partial charge < -0.3 is 9.64 Å². The van der Waals surface area contributed by atoms with Crippen LogP contribution in [0.3, 0.4) is 0 Å². The fourth-order valence-electron chi connectivity index (χ4n) is 2.88. The minimum absolute atomic E-state index is 0.0212. The van der Waals surface area contributed by atoms with Crippen molar-refractivity contribution in [3.8, 4) is 5.75 Å². The number of carbonyl (C=O) groups is 1. The number of halogens is 1. The Morgan fingerprint density at radius 2 is 1.70 bits per heavy atom. The molecule has 0 aromatic heterocycles. The van der Waals surface area contributed by atoms with Crippen molar-refractivity contribution in [3.05, 3.63) is 60.2 Å². The first-order chi connectivity index (χ1) is 10.8. The Hall–Kier alpha value is -1.78. The number of benzene rings is 2. The van der Waals surface area contributed by atoms with Crippen LogP contribution in [-0.2, 0) is 0 Å². The number of carbonyl (C=O) groups excluding carboxylic acids is 1. The molecular weight excluding hydrogens is 326 g/mol. The van der Waals surface area contributed by atoms with Crippen molar-refractivity contribution in [2.24, 2.45) is 0 Å². The molecule has 2 aromatic carbocycles. The van der Waals surface area contributed by atoms with E-state index in [1.54, 1.807) is 11.0 Å². The van der Waals surface area contributed by atoms with Gasteiger partial charge in [0.1, 0.15) is 5.75 Å². The number of para-hydroxylation sites is 1. The molecule has 0 bridgehead atoms. The minimum Gasteiger partial charge on any atom is -0.468 e. The van der Waals surface area contributed by atoms with Crippen molar-refractivity contribution < 1.29 is 9.53 Å². The van der Waals surface area contributed by atoms with E-state index in [-0.39, 0.29) is 5.91 Å². The topological polar surface area (TPSA) is 29.5 Å². The highest BCUT2D eigenvalue weighted by atomic mass is 35.6. The summed E-state index contributed by atoms with van der Waals surface area (Å²) >= 11 is 6.90. The molecular formula is C18H20ClNO2Si. The van der Waals surface area contributed by atoms with Gasteiger partial charge in [-0.05, 0) is 31.2 Å². The molecule has 0 aliphatic carbocycles. The van der Waals surface area contributed by atoms with Gasteiger partial charge in [-0.1, -0.05) is 49.0 Å². The second kappa shape index (κ2) is 5.69. The van der Waals surface area contributed by atoms with Gasteiger partial charge >= 0.3 is 0 Å². The van der Waals surface area contributed by atoms with Crippen molar-refractivity contribution in [1.82, 2.24) is 4.90 Å². The largest absolute Gasteiger partial charge is 0.468 e. The van der Waals surface area contributed by atoms with Crippen LogP contribution in [-0.4, -0.2) is 30.1 Å². The Bertz CT molecular complexity index is 731. The maximum atomic E-state index is 13.0. The van der Waals surface area contributed by atoms with Gasteiger partial charge in [-0.15, -0.1) is 0 Å². The molecule has 1 aliphatic rings. The number of hydrogen-bond donors (Lipinski definition) is 0. The molecule has 1 heterocycles. The molecule has 3 rings (SSSR count). The van der Waals surface area contributed by atoms with Gasteiger partial charge in [0.2, 0.25) is 7.38 Å². The molecule has 1 atom stereocenters. The van der Waals surface area contributed by atoms with Crippen molar-refractivity contribution in [2.45, 2.75) is 26.1 Å². The fourth-order valence-corrected chi connectivity index (χ4v) is 5.81. The lowest BCUT2D eigenvalue weighted by Gasteiger charge is -2.44. The summed E-state index contributed by atoms with van der Waals surface area (Å²) in [6.07, 6.45) is 0.499. The molecule has 0 radical (unpaired) electrons. The summed E-state index contributed by atoms with van der Waals surface area (Å²) in [5.41, 5.74) is -0.120. The van der Waals surface area contributed by atoms with Crippen LogP contribution in [0, 0.1) is 0 Å². The Morgan fingerprint density at radius 3 is 2.39 bits per heavy atom. The van der Waals surface area contributed by atoms with E-state index < -0.39 is 13.1 Å². The Morgan fingerprint density at radius 1 is 1.09 bits per heavy atom. The van der Waals surface area contributed by atoms with E-state index in [9.17, 15) is 4.79 Å². The molecule has 5 heteroatoms. The summed E-state index contributed by atoms with van der Waals surface area (Å²) in [5.74, 6) is 0.614. The summed E-state index contributed by atoms with van der Waals surface area (Å²) in [6.45, 7) is 5.88. The van der Waals surface area contributed by atoms with Crippen LogP contribution in [0.15, 0.2) is 54.6 Å². The maximum Gasteiger partial charge on any atom is 0.260 e. The lowest BCUT2D eigenvalue weighted by atomic mass is 10.1. The minimum atomic E-state index is -2.32. The van der Waals surface area contributed by atoms with Crippen LogP contribution >= 0.6 is 11.1 Å². The van der Waals surface area contributed by atoms with Crippen LogP contribution in [0.4, 0.5) is 0 Å². The van der Waals surface area contributed by atoms with Crippen LogP contribution in [0.2, 0.25) is 6.55 Å². The van der Waals surface area contributed by atoms with E-state index in [0.717, 1.165) is 5.19 Å². The number of nitrogens with zero attached hydrogens (tertiary/aromatic N) is 1. The number of hydrogen-bond acceptors (Lipinski definition) is 2. The van der Waals surface area contributed by atoms with Crippen molar-refractivity contribution in [1.29, 1.82) is 0 Å². The molecule has 120 valence electrons. The third-order valence-corrected chi connectivity index (χ3v) is 7.66. The zero-order valence-electron chi connectivity index (χ0n) is 13.5. The highest BCUT2D eigenvalue weighted by Crippen LogP contribution is 2.34. The summed E-state index contributed by atoms with van der Waals surface area (Å²) < 4.78 is 6.05. The SMILES string of the molecule is CC1(C)Oc2ccccc2C(=O)N1C[Si](C)(Cl)c1ccccc1. The number of ether oxygens (including phenoxy) is 1. The predicted molar refractivity (Wildman–Crippen MR) is 95.7 cm³/mol. The molecule has 1 amide bonds. The molecule has 3 nitrogen and oxygen atoms in total. The molecule has 0 spiro atoms. The second-order valence-electron chi connectivity index (χ2n) is 6.50. The van der Waals surface area contributed by atoms with E-state index in [4.69, 9.17) is 15.8 Å². The first kappa shape index (κ1) is 16.1. The lowest BCUT2D eigenvalue weighted by Crippen LogP contribution is -2.61. The highest BCUT2D eigenvalue weighted by Gasteiger charge is 2.44. The van der Waals surface area contributed by atoms with Gasteiger partial charge in [-0.3, -0.25) is 4.79 Å². The monoisotopic (exact) mass is 345 g/mol. The molecule has 1 unspecified atom stereocenters. The fraction of sp³-hybridized carbons (Fsp3) is 0.278. The zero-order valence-corrected chi connectivity index (χ0v) is 15.3. The van der Waals surface area contributed by atoms with Gasteiger partial charge in [0.05, 0.1) is 5.56 Å². The molecule has 1 aliphatic heterocycles. The standard InChI is InChI=1S/C18H20ClNO2Si/c1-18(2)20(13-23(3,19)14-9-5-4-6-10-14)17(21)15-11-7-8-12-16(15)22-18/h4-12H,13H2,1-3H3. The van der Waals surface area contributed by atoms with Gasteiger partial charge in [-0.2, -0.15) is 11.1 Å². The first-order valence-corrected chi connectivity index (χ1v) is 11.4. The quantitative estimate of drug-likeness (QED) is 0.629. The summed E-state index contributed by atoms with van der Waals surface area (Å²) in [4.78, 5) is 14.7. The third kappa shape index (κ3) is 3.01. The highest BCUT2D eigenvalue weighted by molar-refractivity contribution is 7.27. The summed E-state index contributed by atoms with van der Waals surface area (Å²) in [5, 5.41) is 1.11. The van der Waals surface area contributed by atoms with Crippen LogP contribution < -0.4 is 9.92 Å². The van der Waals surface area contributed by atoms with Crippen molar-refractivity contribution in [2.75, 3.05) is 6.17 Å². The van der Waals surface area contributed by atoms with Crippen molar-refractivity contribution >= 4 is 29.6 Å². The number of rotatable bonds is 3. The normalized spacial score (nSPS) is 18.8. The van der Waals surface area contributed by atoms with Gasteiger partial charge in [0.25, 0.3) is 5.91 Å². The molecule has 2 aromatic rings. The van der Waals surface area contributed by atoms with E-state index in [1.807, 2.05) is 62.4 Å². The first-order valence-electron chi connectivity index (χ1n) is 7.66. The number of fused-ring (bicyclic) bond motifs is 1. The zero-order chi connectivity index (χ0) is 16.7. The van der Waals surface area contributed by atoms with Crippen LogP contribution in [0.1, 0.15) is 24.2 Å². The van der Waals surface area contributed by atoms with Crippen LogP contribution in [0.25, 0.3) is 0 Å². The number of amides is 1. The van der Waals surface area contributed by atoms with E-state index in [0.29, 0.717) is 17.5 Å².